The zero-order chi connectivity index (χ0) is 24.4. The maximum atomic E-state index is 13.2. The second-order valence-electron chi connectivity index (χ2n) is 8.16. The number of carbonyl (C=O) groups excluding carboxylic acids is 1. The lowest BCUT2D eigenvalue weighted by molar-refractivity contribution is -0.137. The number of carbonyl (C=O) groups is 1. The van der Waals surface area contributed by atoms with Gasteiger partial charge in [-0.15, -0.1) is 0 Å². The van der Waals surface area contributed by atoms with Gasteiger partial charge in [0.1, 0.15) is 11.6 Å². The number of morpholine rings is 1. The quantitative estimate of drug-likeness (QED) is 0.364. The number of benzene rings is 3. The fraction of sp³-hybridized carbons (Fsp3) is 0.231. The standard InChI is InChI=1S/C26H23BrN4O4/c1-17-29-23-8-7-19(27)14-21(23)26(33)31(17)28-15-22-20-5-3-2-4-18(20)6-9-24(22)35-16-25(32)30-10-12-34-13-11-30/h2-9,14-15H,10-13,16H2,1H3. The van der Waals surface area contributed by atoms with Crippen LogP contribution in [0.4, 0.5) is 0 Å². The summed E-state index contributed by atoms with van der Waals surface area (Å²) in [5.74, 6) is 0.878. The van der Waals surface area contributed by atoms with Crippen molar-refractivity contribution in [3.05, 3.63) is 80.8 Å². The summed E-state index contributed by atoms with van der Waals surface area (Å²) in [6.45, 7) is 3.82. The Morgan fingerprint density at radius 3 is 2.77 bits per heavy atom. The number of amides is 1. The van der Waals surface area contributed by atoms with E-state index < -0.39 is 0 Å². The number of ether oxygens (including phenoxy) is 2. The molecule has 5 rings (SSSR count). The van der Waals surface area contributed by atoms with E-state index in [1.807, 2.05) is 42.5 Å². The van der Waals surface area contributed by atoms with E-state index in [4.69, 9.17) is 9.47 Å². The normalized spacial score (nSPS) is 14.2. The Bertz CT molecular complexity index is 1510. The third-order valence-electron chi connectivity index (χ3n) is 5.92. The molecule has 9 heteroatoms. The van der Waals surface area contributed by atoms with Crippen molar-refractivity contribution in [2.24, 2.45) is 5.10 Å². The van der Waals surface area contributed by atoms with Crippen LogP contribution >= 0.6 is 15.9 Å². The van der Waals surface area contributed by atoms with Crippen molar-refractivity contribution in [3.8, 4) is 5.75 Å². The molecule has 35 heavy (non-hydrogen) atoms. The smallest absolute Gasteiger partial charge is 0.282 e. The van der Waals surface area contributed by atoms with Gasteiger partial charge in [0.05, 0.1) is 30.3 Å². The summed E-state index contributed by atoms with van der Waals surface area (Å²) in [5.41, 5.74) is 1.02. The van der Waals surface area contributed by atoms with Crippen LogP contribution in [0.25, 0.3) is 21.7 Å². The topological polar surface area (TPSA) is 86.0 Å². The van der Waals surface area contributed by atoms with Gasteiger partial charge < -0.3 is 14.4 Å². The maximum Gasteiger partial charge on any atom is 0.282 e. The van der Waals surface area contributed by atoms with E-state index >= 15 is 0 Å². The Morgan fingerprint density at radius 2 is 1.94 bits per heavy atom. The second-order valence-corrected chi connectivity index (χ2v) is 9.08. The molecule has 0 bridgehead atoms. The minimum Gasteiger partial charge on any atom is -0.483 e. The molecule has 0 saturated carbocycles. The number of nitrogens with zero attached hydrogens (tertiary/aromatic N) is 4. The first kappa shape index (κ1) is 23.2. The van der Waals surface area contributed by atoms with Gasteiger partial charge in [0.2, 0.25) is 0 Å². The monoisotopic (exact) mass is 534 g/mol. The van der Waals surface area contributed by atoms with Gasteiger partial charge in [-0.05, 0) is 42.0 Å². The average molecular weight is 535 g/mol. The van der Waals surface area contributed by atoms with E-state index in [0.29, 0.717) is 54.3 Å². The molecule has 1 aliphatic heterocycles. The highest BCUT2D eigenvalue weighted by Gasteiger charge is 2.18. The third-order valence-corrected chi connectivity index (χ3v) is 6.41. The van der Waals surface area contributed by atoms with E-state index in [0.717, 1.165) is 15.2 Å². The lowest BCUT2D eigenvalue weighted by Gasteiger charge is -2.26. The number of fused-ring (bicyclic) bond motifs is 2. The number of aryl methyl sites for hydroxylation is 1. The summed E-state index contributed by atoms with van der Waals surface area (Å²) in [5, 5.41) is 6.85. The molecule has 178 valence electrons. The Balaban J connectivity index is 1.52. The molecule has 1 aliphatic rings. The van der Waals surface area contributed by atoms with E-state index in [1.165, 1.54) is 4.68 Å². The predicted octanol–water partition coefficient (Wildman–Crippen LogP) is 3.74. The molecule has 0 N–H and O–H groups in total. The van der Waals surface area contributed by atoms with Crippen molar-refractivity contribution in [1.82, 2.24) is 14.6 Å². The minimum atomic E-state index is -0.268. The Morgan fingerprint density at radius 1 is 1.14 bits per heavy atom. The van der Waals surface area contributed by atoms with Crippen LogP contribution in [-0.4, -0.2) is 59.6 Å². The van der Waals surface area contributed by atoms with Crippen LogP contribution in [0.3, 0.4) is 0 Å². The molecule has 3 aromatic carbocycles. The van der Waals surface area contributed by atoms with Gasteiger partial charge in [-0.1, -0.05) is 46.3 Å². The zero-order valence-corrected chi connectivity index (χ0v) is 20.7. The van der Waals surface area contributed by atoms with Crippen LogP contribution in [0, 0.1) is 6.92 Å². The number of rotatable bonds is 5. The highest BCUT2D eigenvalue weighted by atomic mass is 79.9. The average Bonchev–Trinajstić information content (AvgIpc) is 2.88. The molecule has 1 saturated heterocycles. The third kappa shape index (κ3) is 4.82. The van der Waals surface area contributed by atoms with Gasteiger partial charge >= 0.3 is 0 Å². The molecule has 0 radical (unpaired) electrons. The summed E-state index contributed by atoms with van der Waals surface area (Å²) < 4.78 is 13.3. The maximum absolute atomic E-state index is 13.2. The summed E-state index contributed by atoms with van der Waals surface area (Å²) >= 11 is 3.41. The van der Waals surface area contributed by atoms with Gasteiger partial charge in [0.25, 0.3) is 11.5 Å². The highest BCUT2D eigenvalue weighted by Crippen LogP contribution is 2.27. The first-order valence-corrected chi connectivity index (χ1v) is 12.0. The molecule has 0 unspecified atom stereocenters. The van der Waals surface area contributed by atoms with E-state index in [-0.39, 0.29) is 18.1 Å². The fourth-order valence-corrected chi connectivity index (χ4v) is 4.45. The van der Waals surface area contributed by atoms with Crippen molar-refractivity contribution in [2.75, 3.05) is 32.9 Å². The van der Waals surface area contributed by atoms with Gasteiger partial charge in [-0.2, -0.15) is 9.78 Å². The first-order chi connectivity index (χ1) is 17.0. The summed E-state index contributed by atoms with van der Waals surface area (Å²) in [4.78, 5) is 32.0. The molecule has 8 nitrogen and oxygen atoms in total. The summed E-state index contributed by atoms with van der Waals surface area (Å²) in [6.07, 6.45) is 1.59. The molecule has 4 aromatic rings. The van der Waals surface area contributed by atoms with E-state index in [1.54, 1.807) is 30.2 Å². The van der Waals surface area contributed by atoms with Crippen molar-refractivity contribution in [1.29, 1.82) is 0 Å². The molecule has 0 spiro atoms. The Labute approximate surface area is 209 Å². The van der Waals surface area contributed by atoms with Crippen LogP contribution in [0.5, 0.6) is 5.75 Å². The Kier molecular flexibility index (Phi) is 6.61. The van der Waals surface area contributed by atoms with Crippen molar-refractivity contribution in [3.63, 3.8) is 0 Å². The lowest BCUT2D eigenvalue weighted by atomic mass is 10.0. The van der Waals surface area contributed by atoms with Gasteiger partial charge in [-0.3, -0.25) is 9.59 Å². The minimum absolute atomic E-state index is 0.0935. The number of halogens is 1. The van der Waals surface area contributed by atoms with Crippen LogP contribution in [0.1, 0.15) is 11.4 Å². The molecule has 2 heterocycles. The number of aromatic nitrogens is 2. The summed E-state index contributed by atoms with van der Waals surface area (Å²) in [6, 6.07) is 17.0. The van der Waals surface area contributed by atoms with Crippen molar-refractivity contribution in [2.45, 2.75) is 6.92 Å². The SMILES string of the molecule is Cc1nc2ccc(Br)cc2c(=O)n1N=Cc1c(OCC(=O)N2CCOCC2)ccc2ccccc12. The fourth-order valence-electron chi connectivity index (χ4n) is 4.09. The highest BCUT2D eigenvalue weighted by molar-refractivity contribution is 9.10. The van der Waals surface area contributed by atoms with E-state index in [9.17, 15) is 9.59 Å². The number of hydrogen-bond acceptors (Lipinski definition) is 6. The Hall–Kier alpha value is -3.56. The molecule has 0 atom stereocenters. The molecule has 1 aromatic heterocycles. The molecular formula is C26H23BrN4O4. The zero-order valence-electron chi connectivity index (χ0n) is 19.1. The lowest BCUT2D eigenvalue weighted by Crippen LogP contribution is -2.43. The molecule has 1 fully saturated rings. The van der Waals surface area contributed by atoms with E-state index in [2.05, 4.69) is 26.0 Å². The first-order valence-electron chi connectivity index (χ1n) is 11.2. The molecular weight excluding hydrogens is 512 g/mol. The molecule has 0 aliphatic carbocycles. The van der Waals surface area contributed by atoms with Crippen LogP contribution < -0.4 is 10.3 Å². The van der Waals surface area contributed by atoms with Gasteiger partial charge in [-0.25, -0.2) is 4.98 Å². The molecule has 1 amide bonds. The van der Waals surface area contributed by atoms with Gasteiger partial charge in [0, 0.05) is 23.1 Å². The van der Waals surface area contributed by atoms with Crippen LogP contribution in [0.2, 0.25) is 0 Å². The van der Waals surface area contributed by atoms with Crippen molar-refractivity contribution >= 4 is 49.7 Å². The summed E-state index contributed by atoms with van der Waals surface area (Å²) in [7, 11) is 0. The van der Waals surface area contributed by atoms with Crippen LogP contribution in [-0.2, 0) is 9.53 Å². The predicted molar refractivity (Wildman–Crippen MR) is 138 cm³/mol. The largest absolute Gasteiger partial charge is 0.483 e. The second kappa shape index (κ2) is 9.97. The number of hydrogen-bond donors (Lipinski definition) is 0. The van der Waals surface area contributed by atoms with Crippen LogP contribution in [0.15, 0.2) is 69.0 Å². The van der Waals surface area contributed by atoms with Crippen molar-refractivity contribution < 1.29 is 14.3 Å². The van der Waals surface area contributed by atoms with Gasteiger partial charge in [0.15, 0.2) is 6.61 Å².